The molecule has 0 spiro atoms. The molecule has 0 N–H and O–H groups in total. The first kappa shape index (κ1) is 17.1. The third-order valence-electron chi connectivity index (χ3n) is 2.27. The second-order valence-corrected chi connectivity index (χ2v) is 8.51. The largest absolute Gasteiger partial charge is 0.417 e. The van der Waals surface area contributed by atoms with Gasteiger partial charge in [0.1, 0.15) is 0 Å². The first-order valence-corrected chi connectivity index (χ1v) is 9.62. The van der Waals surface area contributed by atoms with E-state index in [1.165, 1.54) is 0 Å². The predicted octanol–water partition coefficient (Wildman–Crippen LogP) is 2.99. The standard InChI is InChI=1S/C12H28O4Si/c1-7-13-12(14-8-2,15-9-3)11-17(5,6)16-10-4/h7-11H2,1-6H3. The summed E-state index contributed by atoms with van der Waals surface area (Å²) in [7, 11) is -1.83. The molecule has 0 aliphatic rings. The van der Waals surface area contributed by atoms with Crippen molar-refractivity contribution in [3.05, 3.63) is 0 Å². The lowest BCUT2D eigenvalue weighted by Crippen LogP contribution is -2.48. The first-order valence-electron chi connectivity index (χ1n) is 6.51. The van der Waals surface area contributed by atoms with Crippen LogP contribution in [0.3, 0.4) is 0 Å². The van der Waals surface area contributed by atoms with Crippen LogP contribution in [0.2, 0.25) is 19.1 Å². The van der Waals surface area contributed by atoms with Gasteiger partial charge in [0.25, 0.3) is 5.97 Å². The van der Waals surface area contributed by atoms with E-state index >= 15 is 0 Å². The molecule has 0 amide bonds. The number of ether oxygens (including phenoxy) is 3. The van der Waals surface area contributed by atoms with Gasteiger partial charge in [-0.25, -0.2) is 0 Å². The van der Waals surface area contributed by atoms with E-state index in [2.05, 4.69) is 13.1 Å². The third kappa shape index (κ3) is 6.52. The normalized spacial score (nSPS) is 13.1. The summed E-state index contributed by atoms with van der Waals surface area (Å²) < 4.78 is 22.9. The van der Waals surface area contributed by atoms with E-state index < -0.39 is 14.3 Å². The Morgan fingerprint density at radius 1 is 0.765 bits per heavy atom. The van der Waals surface area contributed by atoms with Gasteiger partial charge in [-0.15, -0.1) is 0 Å². The maximum atomic E-state index is 5.82. The molecule has 104 valence electrons. The minimum atomic E-state index is -1.83. The number of hydrogen-bond donors (Lipinski definition) is 0. The SMILES string of the molecule is CCOC(C[Si](C)(C)OCC)(OCC)OCC. The highest BCUT2D eigenvalue weighted by Crippen LogP contribution is 2.28. The average Bonchev–Trinajstić information content (AvgIpc) is 2.17. The van der Waals surface area contributed by atoms with Gasteiger partial charge in [0.15, 0.2) is 8.32 Å². The van der Waals surface area contributed by atoms with E-state index in [1.54, 1.807) is 0 Å². The van der Waals surface area contributed by atoms with E-state index in [1.807, 2.05) is 27.7 Å². The summed E-state index contributed by atoms with van der Waals surface area (Å²) in [5, 5.41) is 0. The van der Waals surface area contributed by atoms with E-state index in [4.69, 9.17) is 18.6 Å². The van der Waals surface area contributed by atoms with Crippen LogP contribution in [0.4, 0.5) is 0 Å². The summed E-state index contributed by atoms with van der Waals surface area (Å²) in [5.41, 5.74) is 0. The molecule has 0 fully saturated rings. The molecule has 4 nitrogen and oxygen atoms in total. The van der Waals surface area contributed by atoms with Crippen molar-refractivity contribution >= 4 is 8.32 Å². The fourth-order valence-corrected chi connectivity index (χ4v) is 4.13. The van der Waals surface area contributed by atoms with Crippen LogP contribution in [-0.2, 0) is 18.6 Å². The van der Waals surface area contributed by atoms with Crippen molar-refractivity contribution in [1.82, 2.24) is 0 Å². The van der Waals surface area contributed by atoms with Gasteiger partial charge in [-0.1, -0.05) is 0 Å². The van der Waals surface area contributed by atoms with Gasteiger partial charge in [-0.05, 0) is 40.8 Å². The minimum absolute atomic E-state index is 0.566. The summed E-state index contributed by atoms with van der Waals surface area (Å²) in [5.74, 6) is -0.927. The fraction of sp³-hybridized carbons (Fsp3) is 1.00. The lowest BCUT2D eigenvalue weighted by molar-refractivity contribution is -0.366. The van der Waals surface area contributed by atoms with Crippen LogP contribution in [-0.4, -0.2) is 40.7 Å². The van der Waals surface area contributed by atoms with Crippen LogP contribution in [0.15, 0.2) is 0 Å². The Kier molecular flexibility index (Phi) is 8.24. The zero-order valence-electron chi connectivity index (χ0n) is 12.2. The minimum Gasteiger partial charge on any atom is -0.417 e. The van der Waals surface area contributed by atoms with Gasteiger partial charge in [0.05, 0.1) is 0 Å². The zero-order chi connectivity index (χ0) is 13.4. The number of hydrogen-bond acceptors (Lipinski definition) is 4. The highest BCUT2D eigenvalue weighted by Gasteiger charge is 2.41. The van der Waals surface area contributed by atoms with E-state index in [-0.39, 0.29) is 0 Å². The third-order valence-corrected chi connectivity index (χ3v) is 4.62. The van der Waals surface area contributed by atoms with E-state index in [9.17, 15) is 0 Å². The molecule has 0 saturated carbocycles. The molecule has 0 aliphatic carbocycles. The average molecular weight is 264 g/mol. The zero-order valence-corrected chi connectivity index (χ0v) is 13.2. The monoisotopic (exact) mass is 264 g/mol. The van der Waals surface area contributed by atoms with Crippen molar-refractivity contribution in [2.45, 2.75) is 52.8 Å². The summed E-state index contributed by atoms with van der Waals surface area (Å²) in [4.78, 5) is 0. The summed E-state index contributed by atoms with van der Waals surface area (Å²) in [6.07, 6.45) is 0. The quantitative estimate of drug-likeness (QED) is 0.449. The van der Waals surface area contributed by atoms with Crippen LogP contribution < -0.4 is 0 Å². The first-order chi connectivity index (χ1) is 7.95. The van der Waals surface area contributed by atoms with Crippen molar-refractivity contribution in [1.29, 1.82) is 0 Å². The Balaban J connectivity index is 4.74. The fourth-order valence-electron chi connectivity index (χ4n) is 1.90. The van der Waals surface area contributed by atoms with Gasteiger partial charge in [-0.2, -0.15) is 0 Å². The highest BCUT2D eigenvalue weighted by atomic mass is 28.4. The van der Waals surface area contributed by atoms with Crippen LogP contribution in [0.25, 0.3) is 0 Å². The van der Waals surface area contributed by atoms with E-state index in [0.29, 0.717) is 25.9 Å². The molecule has 0 aromatic heterocycles. The van der Waals surface area contributed by atoms with Crippen molar-refractivity contribution in [2.24, 2.45) is 0 Å². The topological polar surface area (TPSA) is 36.9 Å². The molecule has 0 heterocycles. The molecule has 0 atom stereocenters. The smallest absolute Gasteiger partial charge is 0.282 e. The molecule has 0 radical (unpaired) electrons. The molecule has 0 bridgehead atoms. The lowest BCUT2D eigenvalue weighted by atomic mass is 10.6. The van der Waals surface area contributed by atoms with Gasteiger partial charge in [-0.3, -0.25) is 0 Å². The molecular weight excluding hydrogens is 236 g/mol. The van der Waals surface area contributed by atoms with Crippen LogP contribution in [0, 0.1) is 0 Å². The number of rotatable bonds is 10. The second-order valence-electron chi connectivity index (χ2n) is 4.35. The molecule has 0 unspecified atom stereocenters. The molecular formula is C12H28O4Si. The van der Waals surface area contributed by atoms with Crippen molar-refractivity contribution in [2.75, 3.05) is 26.4 Å². The summed E-state index contributed by atoms with van der Waals surface area (Å²) in [6, 6.07) is 0.684. The molecule has 0 saturated heterocycles. The molecule has 5 heteroatoms. The predicted molar refractivity (Wildman–Crippen MR) is 71.5 cm³/mol. The van der Waals surface area contributed by atoms with Crippen LogP contribution in [0.5, 0.6) is 0 Å². The van der Waals surface area contributed by atoms with E-state index in [0.717, 1.165) is 6.61 Å². The van der Waals surface area contributed by atoms with Crippen molar-refractivity contribution in [3.63, 3.8) is 0 Å². The van der Waals surface area contributed by atoms with Gasteiger partial charge in [0, 0.05) is 32.5 Å². The van der Waals surface area contributed by atoms with Gasteiger partial charge >= 0.3 is 0 Å². The molecule has 17 heavy (non-hydrogen) atoms. The van der Waals surface area contributed by atoms with Gasteiger partial charge < -0.3 is 18.6 Å². The highest BCUT2D eigenvalue weighted by molar-refractivity contribution is 6.71. The molecule has 0 rings (SSSR count). The summed E-state index contributed by atoms with van der Waals surface area (Å²) in [6.45, 7) is 14.6. The lowest BCUT2D eigenvalue weighted by Gasteiger charge is -2.37. The molecule has 0 aliphatic heterocycles. The Bertz CT molecular complexity index is 180. The van der Waals surface area contributed by atoms with Gasteiger partial charge in [0.2, 0.25) is 0 Å². The Morgan fingerprint density at radius 3 is 1.47 bits per heavy atom. The maximum absolute atomic E-state index is 5.82. The Labute approximate surface area is 107 Å². The molecule has 0 aromatic carbocycles. The molecule has 0 aromatic rings. The Hall–Kier alpha value is 0.0569. The van der Waals surface area contributed by atoms with Crippen molar-refractivity contribution < 1.29 is 18.6 Å². The van der Waals surface area contributed by atoms with Crippen LogP contribution >= 0.6 is 0 Å². The summed E-state index contributed by atoms with van der Waals surface area (Å²) >= 11 is 0. The second kappa shape index (κ2) is 8.21. The Morgan fingerprint density at radius 2 is 1.18 bits per heavy atom. The van der Waals surface area contributed by atoms with Crippen molar-refractivity contribution in [3.8, 4) is 0 Å². The maximum Gasteiger partial charge on any atom is 0.282 e. The van der Waals surface area contributed by atoms with Crippen LogP contribution in [0.1, 0.15) is 27.7 Å².